The number of rotatable bonds is 9. The molecule has 1 N–H and O–H groups in total. The van der Waals surface area contributed by atoms with E-state index in [-0.39, 0.29) is 5.92 Å². The van der Waals surface area contributed by atoms with Crippen LogP contribution in [0.5, 0.6) is 0 Å². The van der Waals surface area contributed by atoms with Crippen LogP contribution in [0.15, 0.2) is 65.6 Å². The van der Waals surface area contributed by atoms with Crippen molar-refractivity contribution in [2.45, 2.75) is 31.0 Å². The van der Waals surface area contributed by atoms with Crippen molar-refractivity contribution < 1.29 is 9.84 Å². The monoisotopic (exact) mass is 316 g/mol. The normalized spacial score (nSPS) is 13.7. The quantitative estimate of drug-likeness (QED) is 0.696. The minimum absolute atomic E-state index is 0.251. The Morgan fingerprint density at radius 3 is 2.27 bits per heavy atom. The minimum atomic E-state index is -0.412. The molecule has 2 atom stereocenters. The Morgan fingerprint density at radius 1 is 1.00 bits per heavy atom. The fourth-order valence-electron chi connectivity index (χ4n) is 2.23. The highest BCUT2D eigenvalue weighted by Crippen LogP contribution is 2.23. The third kappa shape index (κ3) is 5.84. The highest BCUT2D eigenvalue weighted by Gasteiger charge is 2.18. The highest BCUT2D eigenvalue weighted by atomic mass is 32.2. The van der Waals surface area contributed by atoms with Crippen LogP contribution in [-0.4, -0.2) is 23.6 Å². The molecule has 2 aromatic rings. The lowest BCUT2D eigenvalue weighted by Gasteiger charge is -2.21. The standard InChI is InChI=1S/C19H24O2S/c1-2-17(15-22-18-11-7-4-8-12-18)19(20)14-21-13-16-9-5-3-6-10-16/h3-12,17,19-20H,2,13-15H2,1H3/t17-,19+/m1/s1. The van der Waals surface area contributed by atoms with Gasteiger partial charge in [-0.15, -0.1) is 11.8 Å². The zero-order valence-electron chi connectivity index (χ0n) is 13.0. The molecule has 0 amide bonds. The van der Waals surface area contributed by atoms with Crippen molar-refractivity contribution in [2.24, 2.45) is 5.92 Å². The second-order valence-electron chi connectivity index (χ2n) is 5.36. The second-order valence-corrected chi connectivity index (χ2v) is 6.45. The Balaban J connectivity index is 1.73. The van der Waals surface area contributed by atoms with E-state index in [2.05, 4.69) is 19.1 Å². The van der Waals surface area contributed by atoms with E-state index in [1.165, 1.54) is 4.90 Å². The van der Waals surface area contributed by atoms with Crippen LogP contribution in [0.25, 0.3) is 0 Å². The van der Waals surface area contributed by atoms with Crippen LogP contribution in [0.1, 0.15) is 18.9 Å². The lowest BCUT2D eigenvalue weighted by atomic mass is 10.0. The molecule has 2 rings (SSSR count). The van der Waals surface area contributed by atoms with E-state index in [4.69, 9.17) is 4.74 Å². The first kappa shape index (κ1) is 17.1. The smallest absolute Gasteiger partial charge is 0.0809 e. The molecule has 0 aliphatic rings. The number of benzene rings is 2. The van der Waals surface area contributed by atoms with Crippen molar-refractivity contribution in [3.05, 3.63) is 66.2 Å². The maximum Gasteiger partial charge on any atom is 0.0809 e. The zero-order chi connectivity index (χ0) is 15.6. The summed E-state index contributed by atoms with van der Waals surface area (Å²) in [4.78, 5) is 1.25. The molecule has 0 aliphatic carbocycles. The van der Waals surface area contributed by atoms with Crippen LogP contribution in [0.3, 0.4) is 0 Å². The van der Waals surface area contributed by atoms with Gasteiger partial charge in [-0.3, -0.25) is 0 Å². The van der Waals surface area contributed by atoms with Gasteiger partial charge in [0, 0.05) is 10.6 Å². The van der Waals surface area contributed by atoms with Gasteiger partial charge in [-0.1, -0.05) is 55.5 Å². The summed E-state index contributed by atoms with van der Waals surface area (Å²) < 4.78 is 5.66. The maximum atomic E-state index is 10.3. The predicted octanol–water partition coefficient (Wildman–Crippen LogP) is 4.38. The van der Waals surface area contributed by atoms with E-state index in [1.807, 2.05) is 48.5 Å². The van der Waals surface area contributed by atoms with Gasteiger partial charge < -0.3 is 9.84 Å². The fourth-order valence-corrected chi connectivity index (χ4v) is 3.44. The van der Waals surface area contributed by atoms with Crippen molar-refractivity contribution in [1.29, 1.82) is 0 Å². The van der Waals surface area contributed by atoms with Crippen molar-refractivity contribution in [1.82, 2.24) is 0 Å². The maximum absolute atomic E-state index is 10.3. The van der Waals surface area contributed by atoms with E-state index >= 15 is 0 Å². The Hall–Kier alpha value is -1.29. The molecule has 2 aromatic carbocycles. The molecule has 22 heavy (non-hydrogen) atoms. The van der Waals surface area contributed by atoms with Gasteiger partial charge in [0.2, 0.25) is 0 Å². The molecule has 0 fully saturated rings. The van der Waals surface area contributed by atoms with Crippen LogP contribution in [-0.2, 0) is 11.3 Å². The summed E-state index contributed by atoms with van der Waals surface area (Å²) in [6, 6.07) is 20.4. The Labute approximate surface area is 137 Å². The van der Waals surface area contributed by atoms with Crippen molar-refractivity contribution in [3.63, 3.8) is 0 Å². The number of hydrogen-bond acceptors (Lipinski definition) is 3. The average Bonchev–Trinajstić information content (AvgIpc) is 2.57. The van der Waals surface area contributed by atoms with Crippen molar-refractivity contribution >= 4 is 11.8 Å². The molecule has 0 unspecified atom stereocenters. The molecule has 0 saturated carbocycles. The second kappa shape index (κ2) is 9.67. The van der Waals surface area contributed by atoms with Crippen molar-refractivity contribution in [3.8, 4) is 0 Å². The summed E-state index contributed by atoms with van der Waals surface area (Å²) in [5.74, 6) is 1.16. The largest absolute Gasteiger partial charge is 0.390 e. The molecule has 2 nitrogen and oxygen atoms in total. The van der Waals surface area contributed by atoms with Crippen LogP contribution in [0, 0.1) is 5.92 Å². The summed E-state index contributed by atoms with van der Waals surface area (Å²) in [5, 5.41) is 10.3. The van der Waals surface area contributed by atoms with Gasteiger partial charge in [0.05, 0.1) is 19.3 Å². The molecule has 0 bridgehead atoms. The van der Waals surface area contributed by atoms with E-state index in [0.717, 1.165) is 17.7 Å². The summed E-state index contributed by atoms with van der Waals surface area (Å²) in [6.07, 6.45) is 0.542. The molecule has 118 valence electrons. The molecule has 0 radical (unpaired) electrons. The SMILES string of the molecule is CC[C@H](CSc1ccccc1)[C@@H](O)COCc1ccccc1. The lowest BCUT2D eigenvalue weighted by Crippen LogP contribution is -2.27. The average molecular weight is 316 g/mol. The molecule has 0 spiro atoms. The third-order valence-electron chi connectivity index (χ3n) is 3.68. The van der Waals surface area contributed by atoms with E-state index in [9.17, 15) is 5.11 Å². The molecular formula is C19H24O2S. The first-order valence-electron chi connectivity index (χ1n) is 7.77. The highest BCUT2D eigenvalue weighted by molar-refractivity contribution is 7.99. The van der Waals surface area contributed by atoms with Crippen LogP contribution in [0.4, 0.5) is 0 Å². The predicted molar refractivity (Wildman–Crippen MR) is 93.1 cm³/mol. The van der Waals surface area contributed by atoms with Gasteiger partial charge >= 0.3 is 0 Å². The molecule has 0 heterocycles. The number of aliphatic hydroxyl groups excluding tert-OH is 1. The number of ether oxygens (including phenoxy) is 1. The number of aliphatic hydroxyl groups is 1. The van der Waals surface area contributed by atoms with Crippen LogP contribution >= 0.6 is 11.8 Å². The minimum Gasteiger partial charge on any atom is -0.390 e. The topological polar surface area (TPSA) is 29.5 Å². The summed E-state index contributed by atoms with van der Waals surface area (Å²) in [6.45, 7) is 3.07. The Kier molecular flexibility index (Phi) is 7.50. The van der Waals surface area contributed by atoms with E-state index < -0.39 is 6.10 Å². The Bertz CT molecular complexity index is 515. The number of hydrogen-bond donors (Lipinski definition) is 1. The lowest BCUT2D eigenvalue weighted by molar-refractivity contribution is 0.00245. The van der Waals surface area contributed by atoms with Crippen molar-refractivity contribution in [2.75, 3.05) is 12.4 Å². The zero-order valence-corrected chi connectivity index (χ0v) is 13.8. The van der Waals surface area contributed by atoms with E-state index in [1.54, 1.807) is 11.8 Å². The molecule has 3 heteroatoms. The van der Waals surface area contributed by atoms with Gasteiger partial charge in [-0.2, -0.15) is 0 Å². The molecular weight excluding hydrogens is 292 g/mol. The van der Waals surface area contributed by atoms with Crippen LogP contribution in [0.2, 0.25) is 0 Å². The molecule has 0 aliphatic heterocycles. The van der Waals surface area contributed by atoms with E-state index in [0.29, 0.717) is 13.2 Å². The fraction of sp³-hybridized carbons (Fsp3) is 0.368. The Morgan fingerprint density at radius 2 is 1.64 bits per heavy atom. The molecule has 0 saturated heterocycles. The molecule has 0 aromatic heterocycles. The van der Waals surface area contributed by atoms with Gasteiger partial charge in [0.25, 0.3) is 0 Å². The first-order chi connectivity index (χ1) is 10.8. The van der Waals surface area contributed by atoms with Crippen LogP contribution < -0.4 is 0 Å². The summed E-state index contributed by atoms with van der Waals surface area (Å²) in [5.41, 5.74) is 1.14. The first-order valence-corrected chi connectivity index (χ1v) is 8.75. The third-order valence-corrected chi connectivity index (χ3v) is 4.88. The van der Waals surface area contributed by atoms with Gasteiger partial charge in [-0.05, 0) is 30.0 Å². The van der Waals surface area contributed by atoms with Gasteiger partial charge in [0.1, 0.15) is 0 Å². The summed E-state index contributed by atoms with van der Waals surface area (Å²) in [7, 11) is 0. The summed E-state index contributed by atoms with van der Waals surface area (Å²) >= 11 is 1.80. The number of thioether (sulfide) groups is 1. The van der Waals surface area contributed by atoms with Gasteiger partial charge in [0.15, 0.2) is 0 Å². The van der Waals surface area contributed by atoms with Gasteiger partial charge in [-0.25, -0.2) is 0 Å².